The van der Waals surface area contributed by atoms with Crippen LogP contribution in [0, 0.1) is 11.3 Å². The van der Waals surface area contributed by atoms with Crippen LogP contribution in [0.5, 0.6) is 0 Å². The Morgan fingerprint density at radius 3 is 2.50 bits per heavy atom. The van der Waals surface area contributed by atoms with Gasteiger partial charge in [0, 0.05) is 44.9 Å². The van der Waals surface area contributed by atoms with Gasteiger partial charge in [-0.05, 0) is 24.3 Å². The molecule has 1 aromatic heterocycles. The first-order valence-electron chi connectivity index (χ1n) is 7.75. The topological polar surface area (TPSA) is 85.2 Å². The molecule has 7 nitrogen and oxygen atoms in total. The van der Waals surface area contributed by atoms with Crippen LogP contribution in [0.1, 0.15) is 12.5 Å². The summed E-state index contributed by atoms with van der Waals surface area (Å²) >= 11 is 0. The zero-order valence-corrected chi connectivity index (χ0v) is 13.4. The van der Waals surface area contributed by atoms with Crippen molar-refractivity contribution in [1.29, 1.82) is 5.26 Å². The molecule has 0 saturated carbocycles. The molecule has 0 radical (unpaired) electrons. The summed E-state index contributed by atoms with van der Waals surface area (Å²) in [5, 5.41) is 12.0. The van der Waals surface area contributed by atoms with Crippen molar-refractivity contribution in [2.45, 2.75) is 6.92 Å². The molecule has 1 saturated heterocycles. The fourth-order valence-electron chi connectivity index (χ4n) is 2.61. The normalized spacial score (nSPS) is 14.2. The van der Waals surface area contributed by atoms with Gasteiger partial charge < -0.3 is 15.1 Å². The minimum atomic E-state index is 0.112. The van der Waals surface area contributed by atoms with E-state index in [2.05, 4.69) is 26.3 Å². The molecule has 2 aromatic rings. The van der Waals surface area contributed by atoms with Gasteiger partial charge in [-0.25, -0.2) is 9.97 Å². The van der Waals surface area contributed by atoms with Gasteiger partial charge in [-0.1, -0.05) is 0 Å². The number of benzene rings is 1. The van der Waals surface area contributed by atoms with Gasteiger partial charge in [0.05, 0.1) is 11.6 Å². The Kier molecular flexibility index (Phi) is 4.57. The van der Waals surface area contributed by atoms with Crippen LogP contribution in [0.25, 0.3) is 0 Å². The zero-order valence-electron chi connectivity index (χ0n) is 13.4. The second-order valence-corrected chi connectivity index (χ2v) is 5.57. The summed E-state index contributed by atoms with van der Waals surface area (Å²) in [7, 11) is 0. The summed E-state index contributed by atoms with van der Waals surface area (Å²) < 4.78 is 0. The van der Waals surface area contributed by atoms with Crippen LogP contribution in [0.3, 0.4) is 0 Å². The van der Waals surface area contributed by atoms with Crippen LogP contribution in [-0.2, 0) is 4.79 Å². The van der Waals surface area contributed by atoms with Gasteiger partial charge in [0.15, 0.2) is 0 Å². The third-order valence-corrected chi connectivity index (χ3v) is 3.99. The highest BCUT2D eigenvalue weighted by molar-refractivity contribution is 5.73. The largest absolute Gasteiger partial charge is 0.353 e. The lowest BCUT2D eigenvalue weighted by molar-refractivity contribution is -0.129. The van der Waals surface area contributed by atoms with Crippen LogP contribution in [-0.4, -0.2) is 47.0 Å². The van der Waals surface area contributed by atoms with E-state index in [-0.39, 0.29) is 5.91 Å². The maximum Gasteiger partial charge on any atom is 0.219 e. The lowest BCUT2D eigenvalue weighted by atomic mass is 10.2. The third-order valence-electron chi connectivity index (χ3n) is 3.99. The molecular formula is C17H18N6O. The first-order chi connectivity index (χ1) is 11.7. The number of hydrogen-bond acceptors (Lipinski definition) is 6. The van der Waals surface area contributed by atoms with Crippen molar-refractivity contribution in [3.05, 3.63) is 42.2 Å². The quantitative estimate of drug-likeness (QED) is 0.927. The van der Waals surface area contributed by atoms with Crippen LogP contribution >= 0.6 is 0 Å². The molecule has 24 heavy (non-hydrogen) atoms. The molecule has 7 heteroatoms. The predicted octanol–water partition coefficient (Wildman–Crippen LogP) is 1.76. The Morgan fingerprint density at radius 1 is 1.17 bits per heavy atom. The lowest BCUT2D eigenvalue weighted by Crippen LogP contribution is -2.48. The van der Waals surface area contributed by atoms with Crippen molar-refractivity contribution >= 4 is 23.2 Å². The summed E-state index contributed by atoms with van der Waals surface area (Å²) in [5.74, 6) is 1.64. The monoisotopic (exact) mass is 322 g/mol. The molecule has 0 bridgehead atoms. The van der Waals surface area contributed by atoms with E-state index in [0.717, 1.165) is 24.6 Å². The maximum absolute atomic E-state index is 11.4. The first-order valence-corrected chi connectivity index (χ1v) is 7.75. The molecule has 2 heterocycles. The number of carbonyl (C=O) groups excluding carboxylic acids is 1. The van der Waals surface area contributed by atoms with E-state index in [1.54, 1.807) is 19.1 Å². The minimum absolute atomic E-state index is 0.112. The molecule has 1 fully saturated rings. The fourth-order valence-corrected chi connectivity index (χ4v) is 2.61. The summed E-state index contributed by atoms with van der Waals surface area (Å²) in [6, 6.07) is 11.2. The number of anilines is 3. The number of hydrogen-bond donors (Lipinski definition) is 1. The van der Waals surface area contributed by atoms with E-state index < -0.39 is 0 Å². The van der Waals surface area contributed by atoms with Crippen LogP contribution < -0.4 is 10.2 Å². The first kappa shape index (κ1) is 15.7. The van der Waals surface area contributed by atoms with E-state index >= 15 is 0 Å². The Hall–Kier alpha value is -3.14. The fraction of sp³-hybridized carbons (Fsp3) is 0.294. The van der Waals surface area contributed by atoms with Crippen molar-refractivity contribution in [3.8, 4) is 6.07 Å². The van der Waals surface area contributed by atoms with Crippen molar-refractivity contribution in [1.82, 2.24) is 14.9 Å². The Balaban J connectivity index is 1.68. The van der Waals surface area contributed by atoms with E-state index in [0.29, 0.717) is 24.5 Å². The maximum atomic E-state index is 11.4. The molecule has 1 aliphatic rings. The zero-order chi connectivity index (χ0) is 16.9. The molecule has 0 unspecified atom stereocenters. The second kappa shape index (κ2) is 6.96. The highest BCUT2D eigenvalue weighted by Gasteiger charge is 2.19. The Morgan fingerprint density at radius 2 is 1.88 bits per heavy atom. The number of nitrogens with zero attached hydrogens (tertiary/aromatic N) is 5. The molecule has 122 valence electrons. The number of carbonyl (C=O) groups is 1. The Labute approximate surface area is 140 Å². The van der Waals surface area contributed by atoms with Gasteiger partial charge in [-0.15, -0.1) is 0 Å². The number of piperazine rings is 1. The van der Waals surface area contributed by atoms with Gasteiger partial charge in [0.1, 0.15) is 18.0 Å². The number of nitriles is 1. The van der Waals surface area contributed by atoms with E-state index in [1.807, 2.05) is 23.1 Å². The van der Waals surface area contributed by atoms with Gasteiger partial charge >= 0.3 is 0 Å². The van der Waals surface area contributed by atoms with E-state index in [4.69, 9.17) is 5.26 Å². The van der Waals surface area contributed by atoms with Crippen LogP contribution in [0.4, 0.5) is 17.3 Å². The molecule has 0 spiro atoms. The van der Waals surface area contributed by atoms with Crippen LogP contribution in [0.2, 0.25) is 0 Å². The van der Waals surface area contributed by atoms with Crippen molar-refractivity contribution in [2.24, 2.45) is 0 Å². The lowest BCUT2D eigenvalue weighted by Gasteiger charge is -2.34. The molecule has 1 N–H and O–H groups in total. The average Bonchev–Trinajstić information content (AvgIpc) is 2.63. The van der Waals surface area contributed by atoms with Gasteiger partial charge in [0.2, 0.25) is 5.91 Å². The summed E-state index contributed by atoms with van der Waals surface area (Å²) in [6.45, 7) is 4.52. The van der Waals surface area contributed by atoms with Crippen molar-refractivity contribution in [2.75, 3.05) is 36.4 Å². The molecule has 0 atom stereocenters. The number of aromatic nitrogens is 2. The van der Waals surface area contributed by atoms with E-state index in [1.165, 1.54) is 6.33 Å². The van der Waals surface area contributed by atoms with Gasteiger partial charge in [0.25, 0.3) is 0 Å². The number of rotatable bonds is 3. The highest BCUT2D eigenvalue weighted by Crippen LogP contribution is 2.20. The molecule has 1 aliphatic heterocycles. The van der Waals surface area contributed by atoms with Gasteiger partial charge in [-0.3, -0.25) is 4.79 Å². The van der Waals surface area contributed by atoms with Gasteiger partial charge in [-0.2, -0.15) is 5.26 Å². The SMILES string of the molecule is CC(=O)N1CCN(c2cc(Nc3ccc(C#N)cc3)ncn2)CC1. The summed E-state index contributed by atoms with van der Waals surface area (Å²) in [5.41, 5.74) is 1.48. The van der Waals surface area contributed by atoms with E-state index in [9.17, 15) is 4.79 Å². The molecule has 3 rings (SSSR count). The predicted molar refractivity (Wildman–Crippen MR) is 90.9 cm³/mol. The smallest absolute Gasteiger partial charge is 0.219 e. The number of nitrogens with one attached hydrogen (secondary N) is 1. The highest BCUT2D eigenvalue weighted by atomic mass is 16.2. The molecule has 1 amide bonds. The summed E-state index contributed by atoms with van der Waals surface area (Å²) in [6.07, 6.45) is 1.53. The molecule has 1 aromatic carbocycles. The Bertz CT molecular complexity index is 759. The standard InChI is InChI=1S/C17H18N6O/c1-13(24)22-6-8-23(9-7-22)17-10-16(19-12-20-17)21-15-4-2-14(11-18)3-5-15/h2-5,10,12H,6-9H2,1H3,(H,19,20,21). The van der Waals surface area contributed by atoms with Crippen molar-refractivity contribution < 1.29 is 4.79 Å². The summed E-state index contributed by atoms with van der Waals surface area (Å²) in [4.78, 5) is 23.9. The third kappa shape index (κ3) is 3.60. The minimum Gasteiger partial charge on any atom is -0.353 e. The average molecular weight is 322 g/mol. The number of amides is 1. The molecule has 0 aliphatic carbocycles. The second-order valence-electron chi connectivity index (χ2n) is 5.57. The van der Waals surface area contributed by atoms with Crippen molar-refractivity contribution in [3.63, 3.8) is 0 Å². The van der Waals surface area contributed by atoms with Crippen LogP contribution in [0.15, 0.2) is 36.7 Å². The molecular weight excluding hydrogens is 304 g/mol.